The van der Waals surface area contributed by atoms with Crippen molar-refractivity contribution in [3.05, 3.63) is 53.9 Å². The summed E-state index contributed by atoms with van der Waals surface area (Å²) < 4.78 is 26.9. The Balaban J connectivity index is 2.43. The third kappa shape index (κ3) is 2.66. The molecule has 0 fully saturated rings. The molecule has 1 heterocycles. The van der Waals surface area contributed by atoms with Crippen LogP contribution in [-0.4, -0.2) is 16.1 Å². The molecule has 104 valence electrons. The molecule has 0 bridgehead atoms. The number of halogens is 2. The Morgan fingerprint density at radius 1 is 1.25 bits per heavy atom. The first-order valence-corrected chi connectivity index (χ1v) is 6.12. The van der Waals surface area contributed by atoms with Gasteiger partial charge in [-0.05, 0) is 17.7 Å². The maximum Gasteiger partial charge on any atom is 0.336 e. The summed E-state index contributed by atoms with van der Waals surface area (Å²) in [5.41, 5.74) is 0.762. The molecule has 20 heavy (non-hydrogen) atoms. The minimum Gasteiger partial charge on any atom is -0.478 e. The quantitative estimate of drug-likeness (QED) is 0.920. The number of carboxylic acids is 1. The molecule has 0 unspecified atom stereocenters. The lowest BCUT2D eigenvalue weighted by Crippen LogP contribution is -2.13. The second-order valence-electron chi connectivity index (χ2n) is 4.34. The van der Waals surface area contributed by atoms with Crippen LogP contribution in [0.4, 0.5) is 8.78 Å². The summed E-state index contributed by atoms with van der Waals surface area (Å²) in [7, 11) is 0. The fraction of sp³-hybridized carbons (Fsp3) is 0.200. The third-order valence-electron chi connectivity index (χ3n) is 3.05. The van der Waals surface area contributed by atoms with Crippen molar-refractivity contribution >= 4 is 5.97 Å². The molecule has 0 amide bonds. The highest BCUT2D eigenvalue weighted by atomic mass is 19.3. The standard InChI is InChI=1S/C15H13F2NO2/c1-2-15(16,17)13-8-7-10(9-18-13)11-5-3-4-6-12(11)14(19)20/h3-9H,2H2,1H3,(H,19,20). The molecule has 0 aliphatic heterocycles. The van der Waals surface area contributed by atoms with Crippen molar-refractivity contribution in [1.29, 1.82) is 0 Å². The first kappa shape index (κ1) is 14.1. The van der Waals surface area contributed by atoms with Crippen molar-refractivity contribution < 1.29 is 18.7 Å². The van der Waals surface area contributed by atoms with Gasteiger partial charge < -0.3 is 5.11 Å². The van der Waals surface area contributed by atoms with E-state index in [1.807, 2.05) is 0 Å². The van der Waals surface area contributed by atoms with E-state index in [0.29, 0.717) is 11.1 Å². The van der Waals surface area contributed by atoms with Gasteiger partial charge in [0.2, 0.25) is 0 Å². The summed E-state index contributed by atoms with van der Waals surface area (Å²) in [6, 6.07) is 9.09. The van der Waals surface area contributed by atoms with Crippen LogP contribution in [0, 0.1) is 0 Å². The smallest absolute Gasteiger partial charge is 0.336 e. The van der Waals surface area contributed by atoms with Crippen LogP contribution in [0.1, 0.15) is 29.4 Å². The first-order valence-electron chi connectivity index (χ1n) is 6.12. The first-order chi connectivity index (χ1) is 9.45. The minimum absolute atomic E-state index is 0.115. The predicted octanol–water partition coefficient (Wildman–Crippen LogP) is 3.95. The van der Waals surface area contributed by atoms with Gasteiger partial charge in [-0.15, -0.1) is 0 Å². The van der Waals surface area contributed by atoms with Crippen LogP contribution in [0.2, 0.25) is 0 Å². The molecule has 0 aliphatic carbocycles. The van der Waals surface area contributed by atoms with Gasteiger partial charge in [0.15, 0.2) is 0 Å². The van der Waals surface area contributed by atoms with Crippen LogP contribution in [0.25, 0.3) is 11.1 Å². The van der Waals surface area contributed by atoms with Gasteiger partial charge in [0.05, 0.1) is 5.56 Å². The SMILES string of the molecule is CCC(F)(F)c1ccc(-c2ccccc2C(=O)O)cn1. The maximum absolute atomic E-state index is 13.5. The van der Waals surface area contributed by atoms with Gasteiger partial charge in [-0.1, -0.05) is 31.2 Å². The molecule has 1 N–H and O–H groups in total. The summed E-state index contributed by atoms with van der Waals surface area (Å²) in [6.45, 7) is 1.38. The molecule has 1 aromatic carbocycles. The minimum atomic E-state index is -2.97. The molecule has 0 saturated carbocycles. The van der Waals surface area contributed by atoms with Gasteiger partial charge in [0.25, 0.3) is 5.92 Å². The second kappa shape index (κ2) is 5.36. The second-order valence-corrected chi connectivity index (χ2v) is 4.34. The summed E-state index contributed by atoms with van der Waals surface area (Å²) in [5, 5.41) is 9.11. The number of hydrogen-bond donors (Lipinski definition) is 1. The maximum atomic E-state index is 13.5. The van der Waals surface area contributed by atoms with Crippen molar-refractivity contribution in [2.75, 3.05) is 0 Å². The molecule has 0 radical (unpaired) electrons. The molecule has 0 atom stereocenters. The zero-order valence-corrected chi connectivity index (χ0v) is 10.8. The average Bonchev–Trinajstić information content (AvgIpc) is 2.47. The van der Waals surface area contributed by atoms with Crippen molar-refractivity contribution in [2.45, 2.75) is 19.3 Å². The zero-order valence-electron chi connectivity index (χ0n) is 10.8. The Morgan fingerprint density at radius 2 is 1.95 bits per heavy atom. The van der Waals surface area contributed by atoms with E-state index in [2.05, 4.69) is 4.98 Å². The number of alkyl halides is 2. The number of benzene rings is 1. The van der Waals surface area contributed by atoms with Crippen molar-refractivity contribution in [2.24, 2.45) is 0 Å². The third-order valence-corrected chi connectivity index (χ3v) is 3.05. The fourth-order valence-corrected chi connectivity index (χ4v) is 1.87. The number of aromatic carboxylic acids is 1. The predicted molar refractivity (Wildman–Crippen MR) is 70.8 cm³/mol. The monoisotopic (exact) mass is 277 g/mol. The van der Waals surface area contributed by atoms with Crippen LogP contribution in [0.15, 0.2) is 42.6 Å². The van der Waals surface area contributed by atoms with Gasteiger partial charge in [-0.3, -0.25) is 4.98 Å². The van der Waals surface area contributed by atoms with Gasteiger partial charge >= 0.3 is 5.97 Å². The number of hydrogen-bond acceptors (Lipinski definition) is 2. The van der Waals surface area contributed by atoms with E-state index >= 15 is 0 Å². The molecule has 5 heteroatoms. The molecule has 0 aliphatic rings. The molecule has 3 nitrogen and oxygen atoms in total. The number of carbonyl (C=O) groups is 1. The molecule has 1 aromatic heterocycles. The van der Waals surface area contributed by atoms with Gasteiger partial charge in [-0.2, -0.15) is 8.78 Å². The van der Waals surface area contributed by atoms with Crippen molar-refractivity contribution in [1.82, 2.24) is 4.98 Å². The fourth-order valence-electron chi connectivity index (χ4n) is 1.87. The Labute approximate surface area is 114 Å². The van der Waals surface area contributed by atoms with Crippen LogP contribution in [-0.2, 0) is 5.92 Å². The molecular weight excluding hydrogens is 264 g/mol. The van der Waals surface area contributed by atoms with Gasteiger partial charge in [-0.25, -0.2) is 4.79 Å². The van der Waals surface area contributed by atoms with Gasteiger partial charge in [0.1, 0.15) is 5.69 Å². The normalized spacial score (nSPS) is 11.3. The highest BCUT2D eigenvalue weighted by Crippen LogP contribution is 2.31. The molecular formula is C15H13F2NO2. The molecule has 2 rings (SSSR count). The zero-order chi connectivity index (χ0) is 14.8. The van der Waals surface area contributed by atoms with E-state index in [1.165, 1.54) is 31.3 Å². The number of pyridine rings is 1. The molecule has 2 aromatic rings. The summed E-state index contributed by atoms with van der Waals surface area (Å²) in [4.78, 5) is 14.9. The Morgan fingerprint density at radius 3 is 2.50 bits per heavy atom. The lowest BCUT2D eigenvalue weighted by molar-refractivity contribution is -0.0127. The van der Waals surface area contributed by atoms with Crippen molar-refractivity contribution in [3.8, 4) is 11.1 Å². The van der Waals surface area contributed by atoms with E-state index in [-0.39, 0.29) is 17.7 Å². The van der Waals surface area contributed by atoms with Crippen LogP contribution in [0.5, 0.6) is 0 Å². The highest BCUT2D eigenvalue weighted by Gasteiger charge is 2.30. The topological polar surface area (TPSA) is 50.2 Å². The van der Waals surface area contributed by atoms with Gasteiger partial charge in [0, 0.05) is 18.2 Å². The number of carboxylic acid groups (broad SMARTS) is 1. The van der Waals surface area contributed by atoms with E-state index in [0.717, 1.165) is 0 Å². The number of aromatic nitrogens is 1. The van der Waals surface area contributed by atoms with Crippen LogP contribution in [0.3, 0.4) is 0 Å². The average molecular weight is 277 g/mol. The van der Waals surface area contributed by atoms with E-state index in [1.54, 1.807) is 18.2 Å². The Bertz CT molecular complexity index is 624. The number of rotatable bonds is 4. The van der Waals surface area contributed by atoms with E-state index in [4.69, 9.17) is 5.11 Å². The van der Waals surface area contributed by atoms with Crippen LogP contribution >= 0.6 is 0 Å². The Hall–Kier alpha value is -2.30. The van der Waals surface area contributed by atoms with E-state index in [9.17, 15) is 13.6 Å². The highest BCUT2D eigenvalue weighted by molar-refractivity contribution is 5.95. The summed E-state index contributed by atoms with van der Waals surface area (Å²) in [5.74, 6) is -4.03. The molecule has 0 saturated heterocycles. The lowest BCUT2D eigenvalue weighted by Gasteiger charge is -2.13. The lowest BCUT2D eigenvalue weighted by atomic mass is 10.0. The van der Waals surface area contributed by atoms with E-state index < -0.39 is 11.9 Å². The largest absolute Gasteiger partial charge is 0.478 e. The Kier molecular flexibility index (Phi) is 3.79. The van der Waals surface area contributed by atoms with Crippen LogP contribution < -0.4 is 0 Å². The summed E-state index contributed by atoms with van der Waals surface area (Å²) >= 11 is 0. The van der Waals surface area contributed by atoms with Crippen molar-refractivity contribution in [3.63, 3.8) is 0 Å². The molecule has 0 spiro atoms. The number of nitrogens with zero attached hydrogens (tertiary/aromatic N) is 1. The summed E-state index contributed by atoms with van der Waals surface area (Å²) in [6.07, 6.45) is 0.950.